The molecule has 0 nitrogen and oxygen atoms in total. The van der Waals surface area contributed by atoms with Crippen LogP contribution >= 0.6 is 0 Å². The molecule has 4 heteroatoms. The molecule has 0 rings (SSSR count). The molecule has 0 fully saturated rings. The summed E-state index contributed by atoms with van der Waals surface area (Å²) < 4.78 is 0. The fourth-order valence-electron chi connectivity index (χ4n) is 0. The van der Waals surface area contributed by atoms with Crippen molar-refractivity contribution in [1.29, 1.82) is 0 Å². The molecule has 0 atom stereocenters. The molecule has 0 N–H and O–H groups in total. The number of hydrogen-bond acceptors (Lipinski definition) is 0. The Balaban J connectivity index is 0. The van der Waals surface area contributed by atoms with Crippen molar-refractivity contribution in [2.45, 2.75) is 0 Å². The zero-order valence-electron chi connectivity index (χ0n) is 0.447. The van der Waals surface area contributed by atoms with E-state index in [9.17, 15) is 0 Å². The van der Waals surface area contributed by atoms with Crippen LogP contribution < -0.4 is 0 Å². The molecular weight excluding hydrogens is 317 g/mol. The van der Waals surface area contributed by atoms with Crippen molar-refractivity contribution < 1.29 is 0 Å². The maximum atomic E-state index is 0. The van der Waals surface area contributed by atoms with Crippen LogP contribution in [0.5, 0.6) is 0 Å². The molecule has 11 valence electrons. The monoisotopic (exact) mass is 319 g/mol. The van der Waals surface area contributed by atoms with E-state index in [4.69, 9.17) is 0 Å². The molecule has 4 heavy (non-hydrogen) atoms. The zero-order chi connectivity index (χ0) is 0. The first-order chi connectivity index (χ1) is 0. The Morgan fingerprint density at radius 2 is 1.00 bits per heavy atom. The van der Waals surface area contributed by atoms with Crippen molar-refractivity contribution in [2.24, 2.45) is 0 Å². The summed E-state index contributed by atoms with van der Waals surface area (Å²) in [5.74, 6) is 0. The van der Waals surface area contributed by atoms with Gasteiger partial charge in [-0.3, -0.25) is 0 Å². The summed E-state index contributed by atoms with van der Waals surface area (Å²) in [4.78, 5) is 0. The molecule has 0 aliphatic heterocycles. The predicted molar refractivity (Wildman–Crippen MR) is 27.2 cm³/mol. The van der Waals surface area contributed by atoms with Crippen molar-refractivity contribution in [1.82, 2.24) is 0 Å². The molecule has 0 spiro atoms. The Hall–Kier alpha value is 5.51. The molecule has 0 saturated heterocycles. The predicted octanol–water partition coefficient (Wildman–Crippen LogP) is -2.33. The van der Waals surface area contributed by atoms with Gasteiger partial charge in [0.2, 0.25) is 0 Å². The van der Waals surface area contributed by atoms with Gasteiger partial charge in [0.25, 0.3) is 0 Å². The van der Waals surface area contributed by atoms with E-state index in [2.05, 4.69) is 0 Å². The molecule has 0 aromatic carbocycles. The summed E-state index contributed by atoms with van der Waals surface area (Å²) in [6.45, 7) is 0. The van der Waals surface area contributed by atoms with Gasteiger partial charge in [0.05, 0.1) is 0 Å². The molecule has 0 aromatic heterocycles. The van der Waals surface area contributed by atoms with Crippen LogP contribution in [-0.4, -0.2) is 174 Å². The minimum Gasteiger partial charge on any atom is 0 e. The van der Waals surface area contributed by atoms with Crippen LogP contribution in [0.3, 0.4) is 0 Å². The maximum Gasteiger partial charge on any atom is 0 e. The summed E-state index contributed by atoms with van der Waals surface area (Å²) >= 11 is 0. The van der Waals surface area contributed by atoms with Gasteiger partial charge in [-0.05, 0) is 0 Å². The van der Waals surface area contributed by atoms with Crippen LogP contribution in [-0.2, 0) is 0 Å². The van der Waals surface area contributed by atoms with Crippen LogP contribution in [0.1, 0.15) is 0 Å². The Bertz CT molecular complexity index is 8.00. The zero-order valence-corrected chi connectivity index (χ0v) is 3.00. The average Bonchev–Trinajstić information content (AvgIpc) is 0. The van der Waals surface area contributed by atoms with Crippen LogP contribution in [0.15, 0.2) is 0 Å². The second-order valence-electron chi connectivity index (χ2n) is 0. The Morgan fingerprint density at radius 1 is 1.00 bits per heavy atom. The first-order valence-corrected chi connectivity index (χ1v) is 0. The van der Waals surface area contributed by atoms with Crippen molar-refractivity contribution >= 4 is 174 Å². The first kappa shape index (κ1) is 22.7. The van der Waals surface area contributed by atoms with E-state index in [1.54, 1.807) is 0 Å². The fraction of sp³-hybridized carbons (Fsp3) is 0. The van der Waals surface area contributed by atoms with E-state index in [0.29, 0.717) is 0 Å². The number of rotatable bonds is 0. The molecular formula is H3CsKNaSb. The topological polar surface area (TPSA) is 0 Å². The average molecular weight is 320 g/mol. The van der Waals surface area contributed by atoms with E-state index in [-0.39, 0.29) is 174 Å². The quantitative estimate of drug-likeness (QED) is 0.440. The van der Waals surface area contributed by atoms with Gasteiger partial charge in [-0.25, -0.2) is 0 Å². The van der Waals surface area contributed by atoms with Crippen LogP contribution in [0.4, 0.5) is 0 Å². The van der Waals surface area contributed by atoms with Crippen LogP contribution in [0.25, 0.3) is 0 Å². The largest absolute Gasteiger partial charge is 0 e. The van der Waals surface area contributed by atoms with Crippen molar-refractivity contribution in [3.8, 4) is 0 Å². The third-order valence-electron chi connectivity index (χ3n) is 0. The Labute approximate surface area is 168 Å². The fourth-order valence-corrected chi connectivity index (χ4v) is 0. The summed E-state index contributed by atoms with van der Waals surface area (Å²) in [6.07, 6.45) is 0. The molecule has 0 amide bonds. The van der Waals surface area contributed by atoms with Crippen molar-refractivity contribution in [3.63, 3.8) is 0 Å². The van der Waals surface area contributed by atoms with Gasteiger partial charge in [-0.15, -0.1) is 0 Å². The van der Waals surface area contributed by atoms with Gasteiger partial charge in [-0.2, -0.15) is 0 Å². The Morgan fingerprint density at radius 3 is 1.00 bits per heavy atom. The van der Waals surface area contributed by atoms with Crippen molar-refractivity contribution in [3.05, 3.63) is 0 Å². The smallest absolute Gasteiger partial charge is 0 e. The molecule has 0 bridgehead atoms. The SMILES string of the molecule is [CsH].[KH].[NaH].[Sb]. The first-order valence-electron chi connectivity index (χ1n) is 0. The van der Waals surface area contributed by atoms with Gasteiger partial charge in [0.15, 0.2) is 0 Å². The maximum absolute atomic E-state index is 0. The molecule has 0 saturated carbocycles. The normalized spacial score (nSPS) is 0. The summed E-state index contributed by atoms with van der Waals surface area (Å²) in [6, 6.07) is 0. The van der Waals surface area contributed by atoms with Crippen LogP contribution in [0.2, 0.25) is 0 Å². The third kappa shape index (κ3) is 10.5. The van der Waals surface area contributed by atoms with Crippen molar-refractivity contribution in [2.75, 3.05) is 0 Å². The summed E-state index contributed by atoms with van der Waals surface area (Å²) in [5.41, 5.74) is 0. The molecule has 0 aliphatic carbocycles. The van der Waals surface area contributed by atoms with Gasteiger partial charge in [-0.1, -0.05) is 0 Å². The van der Waals surface area contributed by atoms with Gasteiger partial charge >= 0.3 is 150 Å². The van der Waals surface area contributed by atoms with E-state index in [0.717, 1.165) is 0 Å². The van der Waals surface area contributed by atoms with E-state index in [1.165, 1.54) is 0 Å². The summed E-state index contributed by atoms with van der Waals surface area (Å²) in [7, 11) is 0. The number of hydrogen-bond donors (Lipinski definition) is 0. The van der Waals surface area contributed by atoms with Gasteiger partial charge in [0.1, 0.15) is 0 Å². The van der Waals surface area contributed by atoms with Gasteiger partial charge < -0.3 is 0 Å². The molecule has 0 unspecified atom stereocenters. The second kappa shape index (κ2) is 15.8. The van der Waals surface area contributed by atoms with E-state index < -0.39 is 0 Å². The minimum atomic E-state index is 0. The third-order valence-corrected chi connectivity index (χ3v) is 0. The molecule has 0 aliphatic rings. The molecule has 0 heterocycles. The molecule has 0 aromatic rings. The minimum absolute atomic E-state index is 0. The van der Waals surface area contributed by atoms with Gasteiger partial charge in [0, 0.05) is 24.4 Å². The Kier molecular flexibility index (Phi) is 89.7. The van der Waals surface area contributed by atoms with E-state index in [1.807, 2.05) is 0 Å². The van der Waals surface area contributed by atoms with Crippen LogP contribution in [0, 0.1) is 0 Å². The van der Waals surface area contributed by atoms with E-state index >= 15 is 0 Å². The second-order valence-corrected chi connectivity index (χ2v) is 0. The summed E-state index contributed by atoms with van der Waals surface area (Å²) in [5, 5.41) is 0. The molecule has 3 radical (unpaired) electrons. The standard InChI is InChI=1S/Cs.K.Na.Sb.3H.